The number of carbonyl (C=O) groups is 2. The molecule has 1 saturated heterocycles. The third-order valence-corrected chi connectivity index (χ3v) is 3.43. The van der Waals surface area contributed by atoms with E-state index < -0.39 is 5.25 Å². The number of hydrogen-bond acceptors (Lipinski definition) is 3. The molecule has 0 N–H and O–H groups in total. The van der Waals surface area contributed by atoms with Crippen molar-refractivity contribution in [2.75, 3.05) is 4.90 Å². The van der Waals surface area contributed by atoms with Crippen LogP contribution in [-0.2, 0) is 9.59 Å². The smallest absolute Gasteiger partial charge is 0.247 e. The van der Waals surface area contributed by atoms with Gasteiger partial charge in [-0.15, -0.1) is 0 Å². The van der Waals surface area contributed by atoms with E-state index in [4.69, 9.17) is 23.2 Å². The number of hydrogen-bond donors (Lipinski definition) is 1. The second-order valence-electron chi connectivity index (χ2n) is 3.39. The number of rotatable bonds is 1. The van der Waals surface area contributed by atoms with Crippen molar-refractivity contribution < 1.29 is 9.59 Å². The molecule has 1 aromatic rings. The van der Waals surface area contributed by atoms with E-state index in [1.807, 2.05) is 0 Å². The maximum atomic E-state index is 11.7. The van der Waals surface area contributed by atoms with Gasteiger partial charge in [0.2, 0.25) is 11.8 Å². The number of thiol groups is 1. The zero-order chi connectivity index (χ0) is 11.9. The van der Waals surface area contributed by atoms with Gasteiger partial charge in [-0.25, -0.2) is 4.90 Å². The third kappa shape index (κ3) is 1.93. The van der Waals surface area contributed by atoms with E-state index in [1.165, 1.54) is 6.07 Å². The van der Waals surface area contributed by atoms with Crippen LogP contribution in [0.1, 0.15) is 6.42 Å². The fourth-order valence-electron chi connectivity index (χ4n) is 1.51. The maximum Gasteiger partial charge on any atom is 0.247 e. The van der Waals surface area contributed by atoms with Crippen LogP contribution in [0.5, 0.6) is 0 Å². The molecule has 1 aliphatic heterocycles. The van der Waals surface area contributed by atoms with Gasteiger partial charge in [0.05, 0.1) is 21.0 Å². The maximum absolute atomic E-state index is 11.7. The van der Waals surface area contributed by atoms with E-state index in [9.17, 15) is 9.59 Å². The SMILES string of the molecule is O=C1CC(S)C(=O)N1c1ccc(Cl)c(Cl)c1. The van der Waals surface area contributed by atoms with Gasteiger partial charge in [-0.05, 0) is 18.2 Å². The van der Waals surface area contributed by atoms with E-state index in [0.29, 0.717) is 15.7 Å². The summed E-state index contributed by atoms with van der Waals surface area (Å²) in [6.07, 6.45) is 0.113. The first-order valence-electron chi connectivity index (χ1n) is 4.50. The summed E-state index contributed by atoms with van der Waals surface area (Å²) in [6.45, 7) is 0. The van der Waals surface area contributed by atoms with Crippen molar-refractivity contribution in [3.63, 3.8) is 0 Å². The highest BCUT2D eigenvalue weighted by molar-refractivity contribution is 7.82. The summed E-state index contributed by atoms with van der Waals surface area (Å²) in [5.41, 5.74) is 0.431. The molecule has 0 radical (unpaired) electrons. The van der Waals surface area contributed by atoms with E-state index in [0.717, 1.165) is 4.90 Å². The molecule has 3 nitrogen and oxygen atoms in total. The summed E-state index contributed by atoms with van der Waals surface area (Å²) in [4.78, 5) is 24.3. The zero-order valence-corrected chi connectivity index (χ0v) is 10.4. The highest BCUT2D eigenvalue weighted by Gasteiger charge is 2.37. The second kappa shape index (κ2) is 4.28. The molecule has 1 heterocycles. The molecule has 0 saturated carbocycles. The predicted octanol–water partition coefficient (Wildman–Crippen LogP) is 2.56. The van der Waals surface area contributed by atoms with Gasteiger partial charge in [0.25, 0.3) is 0 Å². The fraction of sp³-hybridized carbons (Fsp3) is 0.200. The fourth-order valence-corrected chi connectivity index (χ4v) is 2.08. The van der Waals surface area contributed by atoms with Crippen LogP contribution in [0.3, 0.4) is 0 Å². The van der Waals surface area contributed by atoms with E-state index in [1.54, 1.807) is 12.1 Å². The topological polar surface area (TPSA) is 37.4 Å². The summed E-state index contributed by atoms with van der Waals surface area (Å²) in [7, 11) is 0. The molecule has 2 rings (SSSR count). The van der Waals surface area contributed by atoms with Gasteiger partial charge in [-0.2, -0.15) is 12.6 Å². The van der Waals surface area contributed by atoms with E-state index in [2.05, 4.69) is 12.6 Å². The number of anilines is 1. The molecule has 16 heavy (non-hydrogen) atoms. The lowest BCUT2D eigenvalue weighted by Gasteiger charge is -2.14. The van der Waals surface area contributed by atoms with Crippen LogP contribution < -0.4 is 4.90 Å². The quantitative estimate of drug-likeness (QED) is 0.632. The molecule has 0 spiro atoms. The number of nitrogens with zero attached hydrogens (tertiary/aromatic N) is 1. The number of carbonyl (C=O) groups excluding carboxylic acids is 2. The summed E-state index contributed by atoms with van der Waals surface area (Å²) >= 11 is 15.6. The number of imide groups is 1. The molecule has 1 fully saturated rings. The molecule has 1 unspecified atom stereocenters. The Morgan fingerprint density at radius 1 is 1.25 bits per heavy atom. The predicted molar refractivity (Wildman–Crippen MR) is 66.3 cm³/mol. The van der Waals surface area contributed by atoms with Crippen molar-refractivity contribution >= 4 is 53.3 Å². The Morgan fingerprint density at radius 3 is 2.44 bits per heavy atom. The molecule has 6 heteroatoms. The number of halogens is 2. The van der Waals surface area contributed by atoms with Gasteiger partial charge >= 0.3 is 0 Å². The largest absolute Gasteiger partial charge is 0.274 e. The van der Waals surface area contributed by atoms with Crippen LogP contribution in [0, 0.1) is 0 Å². The normalized spacial score (nSPS) is 20.7. The minimum atomic E-state index is -0.568. The van der Waals surface area contributed by atoms with Crippen LogP contribution in [0.15, 0.2) is 18.2 Å². The number of benzene rings is 1. The molecule has 1 aromatic carbocycles. The number of amides is 2. The van der Waals surface area contributed by atoms with Crippen LogP contribution in [-0.4, -0.2) is 17.1 Å². The summed E-state index contributed by atoms with van der Waals surface area (Å²) < 4.78 is 0. The lowest BCUT2D eigenvalue weighted by atomic mass is 10.3. The standard InChI is InChI=1S/C10H7Cl2NO2S/c11-6-2-1-5(3-7(6)12)13-9(14)4-8(16)10(13)15/h1-3,8,16H,4H2. The van der Waals surface area contributed by atoms with Crippen molar-refractivity contribution in [2.24, 2.45) is 0 Å². The average molecular weight is 276 g/mol. The lowest BCUT2D eigenvalue weighted by Crippen LogP contribution is -2.30. The zero-order valence-electron chi connectivity index (χ0n) is 7.98. The van der Waals surface area contributed by atoms with Crippen LogP contribution in [0.4, 0.5) is 5.69 Å². The Bertz CT molecular complexity index is 478. The monoisotopic (exact) mass is 275 g/mol. The van der Waals surface area contributed by atoms with Gasteiger partial charge < -0.3 is 0 Å². The first kappa shape index (κ1) is 11.8. The summed E-state index contributed by atoms with van der Waals surface area (Å²) in [5, 5.41) is 0.122. The second-order valence-corrected chi connectivity index (χ2v) is 4.82. The Balaban J connectivity index is 2.41. The Kier molecular flexibility index (Phi) is 3.15. The van der Waals surface area contributed by atoms with Gasteiger partial charge in [-0.1, -0.05) is 23.2 Å². The molecule has 0 aliphatic carbocycles. The highest BCUT2D eigenvalue weighted by atomic mass is 35.5. The molecule has 0 bridgehead atoms. The Morgan fingerprint density at radius 2 is 1.94 bits per heavy atom. The van der Waals surface area contributed by atoms with Gasteiger partial charge in [0.15, 0.2) is 0 Å². The van der Waals surface area contributed by atoms with Crippen LogP contribution in [0.2, 0.25) is 10.0 Å². The van der Waals surface area contributed by atoms with Crippen molar-refractivity contribution in [1.82, 2.24) is 0 Å². The molecule has 1 atom stereocenters. The van der Waals surface area contributed by atoms with Crippen molar-refractivity contribution in [1.29, 1.82) is 0 Å². The first-order valence-corrected chi connectivity index (χ1v) is 5.78. The summed E-state index contributed by atoms with van der Waals surface area (Å²) in [5.74, 6) is -0.602. The lowest BCUT2D eigenvalue weighted by molar-refractivity contribution is -0.121. The van der Waals surface area contributed by atoms with Gasteiger partial charge in [-0.3, -0.25) is 9.59 Å². The van der Waals surface area contributed by atoms with Crippen molar-refractivity contribution in [3.8, 4) is 0 Å². The molecular formula is C10H7Cl2NO2S. The van der Waals surface area contributed by atoms with Crippen LogP contribution >= 0.6 is 35.8 Å². The minimum absolute atomic E-state index is 0.113. The van der Waals surface area contributed by atoms with Crippen molar-refractivity contribution in [3.05, 3.63) is 28.2 Å². The molecule has 84 valence electrons. The molecular weight excluding hydrogens is 269 g/mol. The Hall–Kier alpha value is -0.710. The first-order chi connectivity index (χ1) is 7.50. The average Bonchev–Trinajstić information content (AvgIpc) is 2.47. The molecule has 1 aliphatic rings. The van der Waals surface area contributed by atoms with Crippen molar-refractivity contribution in [2.45, 2.75) is 11.7 Å². The highest BCUT2D eigenvalue weighted by Crippen LogP contribution is 2.30. The van der Waals surface area contributed by atoms with Crippen LogP contribution in [0.25, 0.3) is 0 Å². The minimum Gasteiger partial charge on any atom is -0.274 e. The summed E-state index contributed by atoms with van der Waals surface area (Å²) in [6, 6.07) is 4.62. The van der Waals surface area contributed by atoms with Gasteiger partial charge in [0.1, 0.15) is 0 Å². The van der Waals surface area contributed by atoms with Gasteiger partial charge in [0, 0.05) is 6.42 Å². The Labute approximate surface area is 108 Å². The van der Waals surface area contributed by atoms with E-state index in [-0.39, 0.29) is 18.2 Å². The third-order valence-electron chi connectivity index (χ3n) is 2.28. The molecule has 0 aromatic heterocycles. The van der Waals surface area contributed by atoms with E-state index >= 15 is 0 Å². The molecule has 2 amide bonds.